The number of imidazole rings is 1. The van der Waals surface area contributed by atoms with E-state index in [2.05, 4.69) is 4.98 Å². The van der Waals surface area contributed by atoms with Gasteiger partial charge in [-0.05, 0) is 13.3 Å². The smallest absolute Gasteiger partial charge is 0.263 e. The minimum atomic E-state index is -3.60. The van der Waals surface area contributed by atoms with Crippen LogP contribution in [0.3, 0.4) is 0 Å². The maximum atomic E-state index is 12.4. The second kappa shape index (κ2) is 5.37. The number of aromatic nitrogens is 2. The van der Waals surface area contributed by atoms with Crippen molar-refractivity contribution in [2.24, 2.45) is 7.05 Å². The van der Waals surface area contributed by atoms with Crippen LogP contribution in [0, 0.1) is 0 Å². The van der Waals surface area contributed by atoms with Crippen LogP contribution < -0.4 is 0 Å². The molecule has 0 aliphatic carbocycles. The summed E-state index contributed by atoms with van der Waals surface area (Å²) < 4.78 is 27.6. The fraction of sp³-hybridized carbons (Fsp3) is 0.700. The molecule has 1 aromatic rings. The van der Waals surface area contributed by atoms with Crippen molar-refractivity contribution < 1.29 is 8.42 Å². The molecule has 0 amide bonds. The van der Waals surface area contributed by atoms with E-state index in [9.17, 15) is 8.42 Å². The fourth-order valence-corrected chi connectivity index (χ4v) is 3.71. The van der Waals surface area contributed by atoms with Gasteiger partial charge in [0.05, 0.1) is 6.33 Å². The van der Waals surface area contributed by atoms with Crippen molar-refractivity contribution in [3.8, 4) is 0 Å². The maximum Gasteiger partial charge on any atom is 0.263 e. The van der Waals surface area contributed by atoms with E-state index in [1.54, 1.807) is 14.0 Å². The topological polar surface area (TPSA) is 55.2 Å². The number of halogens is 1. The van der Waals surface area contributed by atoms with Crippen molar-refractivity contribution >= 4 is 21.6 Å². The first kappa shape index (κ1) is 14.5. The number of hydrogen-bond donors (Lipinski definition) is 0. The first-order valence-corrected chi connectivity index (χ1v) is 7.36. The van der Waals surface area contributed by atoms with Crippen molar-refractivity contribution in [2.45, 2.75) is 38.3 Å². The van der Waals surface area contributed by atoms with Crippen LogP contribution in [0.1, 0.15) is 27.2 Å². The van der Waals surface area contributed by atoms with Crippen molar-refractivity contribution in [2.75, 3.05) is 6.54 Å². The van der Waals surface area contributed by atoms with Crippen molar-refractivity contribution in [3.63, 3.8) is 0 Å². The molecule has 0 aliphatic heterocycles. The van der Waals surface area contributed by atoms with Crippen LogP contribution >= 0.6 is 11.6 Å². The van der Waals surface area contributed by atoms with Gasteiger partial charge >= 0.3 is 0 Å². The second-order valence-corrected chi connectivity index (χ2v) is 6.08. The van der Waals surface area contributed by atoms with Crippen molar-refractivity contribution in [3.05, 3.63) is 11.5 Å². The summed E-state index contributed by atoms with van der Waals surface area (Å²) in [4.78, 5) is 3.87. The second-order valence-electron chi connectivity index (χ2n) is 3.92. The van der Waals surface area contributed by atoms with E-state index in [0.29, 0.717) is 6.54 Å². The molecular weight excluding hydrogens is 262 g/mol. The highest BCUT2D eigenvalue weighted by Crippen LogP contribution is 2.24. The minimum absolute atomic E-state index is 0.0659. The van der Waals surface area contributed by atoms with Gasteiger partial charge in [0.25, 0.3) is 10.0 Å². The quantitative estimate of drug-likeness (QED) is 0.827. The molecule has 0 bridgehead atoms. The molecule has 0 aromatic carbocycles. The Morgan fingerprint density at radius 2 is 2.12 bits per heavy atom. The van der Waals surface area contributed by atoms with Crippen LogP contribution in [-0.4, -0.2) is 34.9 Å². The number of nitrogens with zero attached hydrogens (tertiary/aromatic N) is 3. The van der Waals surface area contributed by atoms with E-state index >= 15 is 0 Å². The number of sulfonamides is 1. The minimum Gasteiger partial charge on any atom is -0.324 e. The summed E-state index contributed by atoms with van der Waals surface area (Å²) in [5.41, 5.74) is 0. The lowest BCUT2D eigenvalue weighted by molar-refractivity contribution is 0.341. The zero-order valence-electron chi connectivity index (χ0n) is 10.5. The number of rotatable bonds is 5. The van der Waals surface area contributed by atoms with Gasteiger partial charge in [-0.25, -0.2) is 13.4 Å². The Labute approximate surface area is 107 Å². The van der Waals surface area contributed by atoms with Crippen LogP contribution in [0.15, 0.2) is 11.4 Å². The Balaban J connectivity index is 3.22. The molecule has 7 heteroatoms. The molecule has 1 aromatic heterocycles. The molecule has 0 saturated carbocycles. The summed E-state index contributed by atoms with van der Waals surface area (Å²) in [6.45, 7) is 6.03. The highest BCUT2D eigenvalue weighted by atomic mass is 35.5. The van der Waals surface area contributed by atoms with Gasteiger partial charge in [0, 0.05) is 19.6 Å². The van der Waals surface area contributed by atoms with Crippen LogP contribution in [0.4, 0.5) is 0 Å². The molecule has 1 unspecified atom stereocenters. The highest BCUT2D eigenvalue weighted by Gasteiger charge is 2.31. The molecule has 1 heterocycles. The first-order valence-electron chi connectivity index (χ1n) is 5.54. The Morgan fingerprint density at radius 3 is 2.47 bits per heavy atom. The van der Waals surface area contributed by atoms with Crippen molar-refractivity contribution in [1.82, 2.24) is 13.9 Å². The SMILES string of the molecule is CCC(C)N(CC)S(=O)(=O)c1ncn(C)c1Cl. The molecular formula is C10H18ClN3O2S. The standard InChI is InChI=1S/C10H18ClN3O2S/c1-5-8(3)14(6-2)17(15,16)10-9(11)13(4)7-12-10/h7-8H,5-6H2,1-4H3. The molecule has 0 saturated heterocycles. The summed E-state index contributed by atoms with van der Waals surface area (Å²) >= 11 is 5.94. The third-order valence-electron chi connectivity index (χ3n) is 2.78. The van der Waals surface area contributed by atoms with E-state index in [0.717, 1.165) is 6.42 Å². The molecule has 17 heavy (non-hydrogen) atoms. The zero-order chi connectivity index (χ0) is 13.2. The summed E-state index contributed by atoms with van der Waals surface area (Å²) in [7, 11) is -1.94. The van der Waals surface area contributed by atoms with Gasteiger partial charge in [-0.3, -0.25) is 0 Å². The van der Waals surface area contributed by atoms with Crippen molar-refractivity contribution in [1.29, 1.82) is 0 Å². The van der Waals surface area contributed by atoms with Gasteiger partial charge in [-0.1, -0.05) is 25.4 Å². The normalized spacial score (nSPS) is 14.2. The monoisotopic (exact) mass is 279 g/mol. The van der Waals surface area contributed by atoms with E-state index in [1.807, 2.05) is 13.8 Å². The van der Waals surface area contributed by atoms with Crippen LogP contribution in [0.25, 0.3) is 0 Å². The molecule has 0 radical (unpaired) electrons. The summed E-state index contributed by atoms with van der Waals surface area (Å²) in [5, 5.41) is 0.0792. The lowest BCUT2D eigenvalue weighted by Gasteiger charge is -2.25. The molecule has 0 spiro atoms. The molecule has 0 aliphatic rings. The Hall–Kier alpha value is -0.590. The van der Waals surface area contributed by atoms with E-state index in [4.69, 9.17) is 11.6 Å². The molecule has 98 valence electrons. The Kier molecular flexibility index (Phi) is 4.57. The third-order valence-corrected chi connectivity index (χ3v) is 5.36. The van der Waals surface area contributed by atoms with Gasteiger partial charge in [-0.15, -0.1) is 0 Å². The Morgan fingerprint density at radius 1 is 1.53 bits per heavy atom. The number of aryl methyl sites for hydroxylation is 1. The van der Waals surface area contributed by atoms with Crippen LogP contribution in [0.2, 0.25) is 5.15 Å². The van der Waals surface area contributed by atoms with Gasteiger partial charge in [0.1, 0.15) is 5.15 Å². The summed E-state index contributed by atoms with van der Waals surface area (Å²) in [5.74, 6) is 0. The largest absolute Gasteiger partial charge is 0.324 e. The molecule has 1 rings (SSSR count). The van der Waals surface area contributed by atoms with Crippen LogP contribution in [-0.2, 0) is 17.1 Å². The fourth-order valence-electron chi connectivity index (χ4n) is 1.60. The molecule has 5 nitrogen and oxygen atoms in total. The number of hydrogen-bond acceptors (Lipinski definition) is 3. The highest BCUT2D eigenvalue weighted by molar-refractivity contribution is 7.89. The zero-order valence-corrected chi connectivity index (χ0v) is 12.1. The van der Waals surface area contributed by atoms with E-state index < -0.39 is 10.0 Å². The average molecular weight is 280 g/mol. The summed E-state index contributed by atoms with van der Waals surface area (Å²) in [6, 6.07) is -0.0666. The van der Waals surface area contributed by atoms with E-state index in [-0.39, 0.29) is 16.2 Å². The molecule has 0 N–H and O–H groups in total. The molecule has 1 atom stereocenters. The van der Waals surface area contributed by atoms with Gasteiger partial charge in [0.15, 0.2) is 0 Å². The molecule has 0 fully saturated rings. The van der Waals surface area contributed by atoms with Crippen LogP contribution in [0.5, 0.6) is 0 Å². The predicted molar refractivity (Wildman–Crippen MR) is 67.5 cm³/mol. The predicted octanol–water partition coefficient (Wildman–Crippen LogP) is 1.88. The maximum absolute atomic E-state index is 12.4. The van der Waals surface area contributed by atoms with Gasteiger partial charge in [-0.2, -0.15) is 4.31 Å². The van der Waals surface area contributed by atoms with Gasteiger partial charge in [0.2, 0.25) is 5.03 Å². The summed E-state index contributed by atoms with van der Waals surface area (Å²) in [6.07, 6.45) is 2.15. The first-order chi connectivity index (χ1) is 7.86. The Bertz CT molecular complexity index is 484. The third kappa shape index (κ3) is 2.64. The van der Waals surface area contributed by atoms with E-state index in [1.165, 1.54) is 15.2 Å². The average Bonchev–Trinajstić information content (AvgIpc) is 2.60. The lowest BCUT2D eigenvalue weighted by Crippen LogP contribution is -2.38. The lowest BCUT2D eigenvalue weighted by atomic mass is 10.3. The van der Waals surface area contributed by atoms with Gasteiger partial charge < -0.3 is 4.57 Å².